The lowest BCUT2D eigenvalue weighted by molar-refractivity contribution is -0.124. The first-order valence-electron chi connectivity index (χ1n) is 6.75. The van der Waals surface area contributed by atoms with Crippen LogP contribution < -0.4 is 5.32 Å². The van der Waals surface area contributed by atoms with Gasteiger partial charge in [-0.2, -0.15) is 0 Å². The zero-order valence-corrected chi connectivity index (χ0v) is 12.6. The third-order valence-corrected chi connectivity index (χ3v) is 2.83. The number of hydrogen-bond acceptors (Lipinski definition) is 5. The van der Waals surface area contributed by atoms with E-state index < -0.39 is 12.0 Å². The number of hydrogen-bond donors (Lipinski definition) is 1. The van der Waals surface area contributed by atoms with E-state index in [1.54, 1.807) is 20.8 Å². The van der Waals surface area contributed by atoms with Gasteiger partial charge in [-0.15, -0.1) is 5.10 Å². The van der Waals surface area contributed by atoms with Crippen molar-refractivity contribution in [1.29, 1.82) is 0 Å². The second-order valence-corrected chi connectivity index (χ2v) is 5.00. The van der Waals surface area contributed by atoms with Gasteiger partial charge in [0, 0.05) is 6.54 Å². The summed E-state index contributed by atoms with van der Waals surface area (Å²) in [5.74, 6) is -0.300. The summed E-state index contributed by atoms with van der Waals surface area (Å²) in [6.45, 7) is 10.0. The third-order valence-electron chi connectivity index (χ3n) is 2.83. The summed E-state index contributed by atoms with van der Waals surface area (Å²) in [5.41, 5.74) is 0.672. The molecule has 1 N–H and O–H groups in total. The molecule has 20 heavy (non-hydrogen) atoms. The number of nitrogens with zero attached hydrogens (tertiary/aromatic N) is 3. The first-order chi connectivity index (χ1) is 9.38. The molecular weight excluding hydrogens is 260 g/mol. The molecule has 0 saturated heterocycles. The van der Waals surface area contributed by atoms with Gasteiger partial charge in [-0.05, 0) is 26.7 Å². The zero-order chi connectivity index (χ0) is 15.3. The maximum atomic E-state index is 12.0. The molecule has 0 fully saturated rings. The minimum absolute atomic E-state index is 0.148. The Hall–Kier alpha value is -1.92. The van der Waals surface area contributed by atoms with Gasteiger partial charge in [0.25, 0.3) is 0 Å². The predicted octanol–water partition coefficient (Wildman–Crippen LogP) is 1.10. The number of esters is 1. The fourth-order valence-corrected chi connectivity index (χ4v) is 1.66. The molecule has 7 nitrogen and oxygen atoms in total. The average Bonchev–Trinajstić information content (AvgIpc) is 2.77. The second-order valence-electron chi connectivity index (χ2n) is 5.00. The van der Waals surface area contributed by atoms with Crippen LogP contribution in [0, 0.1) is 12.8 Å². The van der Waals surface area contributed by atoms with Crippen LogP contribution in [0.25, 0.3) is 0 Å². The van der Waals surface area contributed by atoms with E-state index in [0.717, 1.165) is 0 Å². The molecule has 1 rings (SSSR count). The van der Waals surface area contributed by atoms with Crippen LogP contribution in [0.2, 0.25) is 0 Å². The number of ether oxygens (including phenoxy) is 1. The highest BCUT2D eigenvalue weighted by Gasteiger charge is 2.23. The van der Waals surface area contributed by atoms with Gasteiger partial charge in [0.15, 0.2) is 5.69 Å². The minimum Gasteiger partial charge on any atom is -0.461 e. The normalized spacial score (nSPS) is 12.3. The fourth-order valence-electron chi connectivity index (χ4n) is 1.66. The van der Waals surface area contributed by atoms with Gasteiger partial charge < -0.3 is 10.1 Å². The van der Waals surface area contributed by atoms with Crippen molar-refractivity contribution in [3.05, 3.63) is 11.4 Å². The van der Waals surface area contributed by atoms with Crippen molar-refractivity contribution in [1.82, 2.24) is 20.3 Å². The van der Waals surface area contributed by atoms with Gasteiger partial charge >= 0.3 is 5.97 Å². The number of aromatic nitrogens is 3. The van der Waals surface area contributed by atoms with Crippen LogP contribution in [0.4, 0.5) is 0 Å². The number of nitrogens with one attached hydrogen (secondary N) is 1. The van der Waals surface area contributed by atoms with Gasteiger partial charge in [-0.3, -0.25) is 4.79 Å². The number of rotatable bonds is 6. The van der Waals surface area contributed by atoms with E-state index in [2.05, 4.69) is 15.6 Å². The molecule has 1 unspecified atom stereocenters. The molecule has 0 aliphatic rings. The maximum absolute atomic E-state index is 12.0. The van der Waals surface area contributed by atoms with Crippen molar-refractivity contribution in [3.8, 4) is 0 Å². The number of carbonyl (C=O) groups is 2. The largest absolute Gasteiger partial charge is 0.461 e. The van der Waals surface area contributed by atoms with Crippen LogP contribution >= 0.6 is 0 Å². The van der Waals surface area contributed by atoms with E-state index in [0.29, 0.717) is 18.2 Å². The van der Waals surface area contributed by atoms with E-state index in [4.69, 9.17) is 4.74 Å². The Balaban J connectivity index is 2.81. The van der Waals surface area contributed by atoms with E-state index >= 15 is 0 Å². The molecule has 1 aromatic rings. The van der Waals surface area contributed by atoms with Gasteiger partial charge in [0.2, 0.25) is 5.91 Å². The molecule has 1 heterocycles. The van der Waals surface area contributed by atoms with Gasteiger partial charge in [0.05, 0.1) is 12.3 Å². The van der Waals surface area contributed by atoms with Crippen LogP contribution in [0.15, 0.2) is 0 Å². The van der Waals surface area contributed by atoms with Gasteiger partial charge in [-0.1, -0.05) is 19.1 Å². The molecule has 0 saturated carbocycles. The van der Waals surface area contributed by atoms with E-state index in [1.807, 2.05) is 13.8 Å². The lowest BCUT2D eigenvalue weighted by Crippen LogP contribution is -2.34. The molecule has 7 heteroatoms. The summed E-state index contributed by atoms with van der Waals surface area (Å²) in [6.07, 6.45) is 0. The summed E-state index contributed by atoms with van der Waals surface area (Å²) in [5, 5.41) is 10.5. The topological polar surface area (TPSA) is 86.1 Å². The molecule has 0 aromatic carbocycles. The molecule has 0 aliphatic heterocycles. The predicted molar refractivity (Wildman–Crippen MR) is 73.3 cm³/mol. The van der Waals surface area contributed by atoms with Crippen LogP contribution in [-0.2, 0) is 9.53 Å². The summed E-state index contributed by atoms with van der Waals surface area (Å²) < 4.78 is 6.32. The minimum atomic E-state index is -0.524. The molecular formula is C13H22N4O3. The van der Waals surface area contributed by atoms with Crippen LogP contribution in [0.5, 0.6) is 0 Å². The molecule has 112 valence electrons. The maximum Gasteiger partial charge on any atom is 0.360 e. The molecule has 1 atom stereocenters. The second kappa shape index (κ2) is 7.02. The number of amides is 1. The van der Waals surface area contributed by atoms with Crippen LogP contribution in [0.1, 0.15) is 49.9 Å². The lowest BCUT2D eigenvalue weighted by atomic mass is 10.2. The molecule has 0 radical (unpaired) electrons. The first-order valence-corrected chi connectivity index (χ1v) is 6.75. The monoisotopic (exact) mass is 282 g/mol. The summed E-state index contributed by atoms with van der Waals surface area (Å²) in [7, 11) is 0. The van der Waals surface area contributed by atoms with Crippen molar-refractivity contribution in [2.75, 3.05) is 13.2 Å². The Bertz CT molecular complexity index is 482. The van der Waals surface area contributed by atoms with Crippen molar-refractivity contribution in [3.63, 3.8) is 0 Å². The standard InChI is InChI=1S/C13H22N4O3/c1-6-20-13(19)11-9(4)17(16-15-11)10(5)12(18)14-7-8(2)3/h8,10H,6-7H2,1-5H3,(H,14,18). The molecule has 1 aromatic heterocycles. The Kier molecular flexibility index (Phi) is 5.66. The van der Waals surface area contributed by atoms with E-state index in [-0.39, 0.29) is 18.2 Å². The first kappa shape index (κ1) is 16.1. The summed E-state index contributed by atoms with van der Waals surface area (Å²) >= 11 is 0. The Morgan fingerprint density at radius 3 is 2.55 bits per heavy atom. The fraction of sp³-hybridized carbons (Fsp3) is 0.692. The quantitative estimate of drug-likeness (QED) is 0.789. The smallest absolute Gasteiger partial charge is 0.360 e. The lowest BCUT2D eigenvalue weighted by Gasteiger charge is -2.14. The summed E-state index contributed by atoms with van der Waals surface area (Å²) in [6, 6.07) is -0.524. The van der Waals surface area contributed by atoms with E-state index in [9.17, 15) is 9.59 Å². The molecule has 0 aliphatic carbocycles. The van der Waals surface area contributed by atoms with Crippen molar-refractivity contribution in [2.24, 2.45) is 5.92 Å². The van der Waals surface area contributed by atoms with Crippen molar-refractivity contribution < 1.29 is 14.3 Å². The highest BCUT2D eigenvalue weighted by molar-refractivity contribution is 5.88. The Morgan fingerprint density at radius 2 is 2.00 bits per heavy atom. The highest BCUT2D eigenvalue weighted by Crippen LogP contribution is 2.12. The molecule has 1 amide bonds. The zero-order valence-electron chi connectivity index (χ0n) is 12.6. The molecule has 0 bridgehead atoms. The van der Waals surface area contributed by atoms with Crippen molar-refractivity contribution in [2.45, 2.75) is 40.7 Å². The van der Waals surface area contributed by atoms with Crippen LogP contribution in [-0.4, -0.2) is 40.0 Å². The number of carbonyl (C=O) groups excluding carboxylic acids is 2. The Labute approximate surface area is 118 Å². The van der Waals surface area contributed by atoms with Crippen LogP contribution in [0.3, 0.4) is 0 Å². The average molecular weight is 282 g/mol. The molecule has 0 spiro atoms. The van der Waals surface area contributed by atoms with E-state index in [1.165, 1.54) is 4.68 Å². The summed E-state index contributed by atoms with van der Waals surface area (Å²) in [4.78, 5) is 23.6. The SMILES string of the molecule is CCOC(=O)c1nnn(C(C)C(=O)NCC(C)C)c1C. The third kappa shape index (κ3) is 3.79. The van der Waals surface area contributed by atoms with Gasteiger partial charge in [-0.25, -0.2) is 9.48 Å². The van der Waals surface area contributed by atoms with Gasteiger partial charge in [0.1, 0.15) is 6.04 Å². The Morgan fingerprint density at radius 1 is 1.35 bits per heavy atom. The van der Waals surface area contributed by atoms with Crippen molar-refractivity contribution >= 4 is 11.9 Å². The highest BCUT2D eigenvalue weighted by atomic mass is 16.5.